The fraction of sp³-hybridized carbons (Fsp3) is 0.412. The molecule has 1 heterocycles. The van der Waals surface area contributed by atoms with E-state index in [0.717, 1.165) is 42.1 Å². The second-order valence-corrected chi connectivity index (χ2v) is 5.18. The van der Waals surface area contributed by atoms with Crippen molar-refractivity contribution in [1.29, 1.82) is 0 Å². The Morgan fingerprint density at radius 2 is 2.14 bits per heavy atom. The van der Waals surface area contributed by atoms with E-state index in [4.69, 9.17) is 4.74 Å². The van der Waals surface area contributed by atoms with Gasteiger partial charge in [-0.05, 0) is 30.4 Å². The number of pyridine rings is 1. The molecule has 1 aromatic carbocycles. The number of carbonyl (C=O) groups is 1. The van der Waals surface area contributed by atoms with Crippen molar-refractivity contribution in [3.05, 3.63) is 36.0 Å². The second-order valence-electron chi connectivity index (χ2n) is 5.18. The minimum absolute atomic E-state index is 0.448. The molecule has 1 amide bonds. The van der Waals surface area contributed by atoms with E-state index in [0.29, 0.717) is 19.0 Å². The van der Waals surface area contributed by atoms with Crippen LogP contribution in [-0.4, -0.2) is 36.5 Å². The molecule has 0 bridgehead atoms. The van der Waals surface area contributed by atoms with Crippen molar-refractivity contribution in [3.63, 3.8) is 0 Å². The third-order valence-electron chi connectivity index (χ3n) is 3.41. The smallest absolute Gasteiger partial charge is 0.221 e. The number of aryl methyl sites for hydroxylation is 1. The number of hydrogen-bond acceptors (Lipinski definition) is 3. The Morgan fingerprint density at radius 3 is 2.90 bits per heavy atom. The number of fused-ring (bicyclic) bond motifs is 1. The maximum absolute atomic E-state index is 10.6. The molecule has 0 unspecified atom stereocenters. The van der Waals surface area contributed by atoms with Crippen LogP contribution in [0.15, 0.2) is 30.3 Å². The van der Waals surface area contributed by atoms with Crippen LogP contribution in [0.25, 0.3) is 10.8 Å². The number of aromatic nitrogens is 1. The molecule has 1 aromatic heterocycles. The molecule has 2 aromatic rings. The van der Waals surface area contributed by atoms with Crippen molar-refractivity contribution in [2.45, 2.75) is 26.2 Å². The largest absolute Gasteiger partial charge is 0.475 e. The maximum Gasteiger partial charge on any atom is 0.221 e. The van der Waals surface area contributed by atoms with E-state index in [-0.39, 0.29) is 0 Å². The number of ether oxygens (including phenoxy) is 1. The number of unbranched alkanes of at least 4 members (excludes halogenated alkanes) is 1. The Balaban J connectivity index is 2.20. The topological polar surface area (TPSA) is 42.4 Å². The van der Waals surface area contributed by atoms with Gasteiger partial charge in [0.2, 0.25) is 12.3 Å². The summed E-state index contributed by atoms with van der Waals surface area (Å²) in [6.07, 6.45) is 4.03. The Kier molecular flexibility index (Phi) is 5.55. The summed E-state index contributed by atoms with van der Waals surface area (Å²) in [6.45, 7) is 3.18. The van der Waals surface area contributed by atoms with Gasteiger partial charge in [0.05, 0.1) is 6.54 Å². The lowest BCUT2D eigenvalue weighted by Gasteiger charge is -2.13. The summed E-state index contributed by atoms with van der Waals surface area (Å²) in [5.41, 5.74) is 1.06. The Labute approximate surface area is 125 Å². The molecule has 0 aliphatic carbocycles. The molecule has 0 atom stereocenters. The summed E-state index contributed by atoms with van der Waals surface area (Å²) in [4.78, 5) is 16.8. The molecule has 0 N–H and O–H groups in total. The summed E-state index contributed by atoms with van der Waals surface area (Å²) in [5, 5.41) is 2.17. The SMILES string of the molecule is CCCCc1cc2ccccc2c(OCCN(C)C=O)n1. The molecule has 112 valence electrons. The van der Waals surface area contributed by atoms with Crippen LogP contribution in [0.1, 0.15) is 25.5 Å². The fourth-order valence-corrected chi connectivity index (χ4v) is 2.16. The van der Waals surface area contributed by atoms with Crippen molar-refractivity contribution in [2.24, 2.45) is 0 Å². The predicted octanol–water partition coefficient (Wildman–Crippen LogP) is 3.04. The zero-order valence-corrected chi connectivity index (χ0v) is 12.7. The zero-order valence-electron chi connectivity index (χ0n) is 12.7. The normalized spacial score (nSPS) is 10.6. The fourth-order valence-electron chi connectivity index (χ4n) is 2.16. The molecule has 0 fully saturated rings. The highest BCUT2D eigenvalue weighted by Gasteiger charge is 2.07. The van der Waals surface area contributed by atoms with Crippen LogP contribution in [0.4, 0.5) is 0 Å². The van der Waals surface area contributed by atoms with Crippen LogP contribution in [0.2, 0.25) is 0 Å². The molecule has 0 saturated carbocycles. The van der Waals surface area contributed by atoms with E-state index in [1.807, 2.05) is 18.2 Å². The molecule has 4 heteroatoms. The minimum atomic E-state index is 0.448. The van der Waals surface area contributed by atoms with Gasteiger partial charge in [-0.25, -0.2) is 4.98 Å². The van der Waals surface area contributed by atoms with Gasteiger partial charge < -0.3 is 9.64 Å². The first-order valence-corrected chi connectivity index (χ1v) is 7.41. The van der Waals surface area contributed by atoms with Gasteiger partial charge in [0, 0.05) is 18.1 Å². The molecule has 0 radical (unpaired) electrons. The average molecular weight is 286 g/mol. The summed E-state index contributed by atoms with van der Waals surface area (Å²) in [5.74, 6) is 0.665. The Morgan fingerprint density at radius 1 is 1.33 bits per heavy atom. The number of benzene rings is 1. The van der Waals surface area contributed by atoms with Crippen LogP contribution in [0.5, 0.6) is 5.88 Å². The first kappa shape index (κ1) is 15.3. The molecular formula is C17H22N2O2. The monoisotopic (exact) mass is 286 g/mol. The third kappa shape index (κ3) is 4.18. The van der Waals surface area contributed by atoms with Gasteiger partial charge in [-0.3, -0.25) is 4.79 Å². The van der Waals surface area contributed by atoms with Crippen molar-refractivity contribution in [1.82, 2.24) is 9.88 Å². The number of carbonyl (C=O) groups excluding carboxylic acids is 1. The second kappa shape index (κ2) is 7.62. The molecule has 2 rings (SSSR count). The average Bonchev–Trinajstić information content (AvgIpc) is 2.52. The number of likely N-dealkylation sites (N-methyl/N-ethyl adjacent to an activating group) is 1. The molecule has 0 spiro atoms. The molecule has 21 heavy (non-hydrogen) atoms. The Hall–Kier alpha value is -2.10. The number of hydrogen-bond donors (Lipinski definition) is 0. The van der Waals surface area contributed by atoms with Crippen LogP contribution in [0.3, 0.4) is 0 Å². The van der Waals surface area contributed by atoms with E-state index in [1.54, 1.807) is 11.9 Å². The zero-order chi connectivity index (χ0) is 15.1. The van der Waals surface area contributed by atoms with Gasteiger partial charge in [-0.2, -0.15) is 0 Å². The van der Waals surface area contributed by atoms with Crippen molar-refractivity contribution in [3.8, 4) is 5.88 Å². The molecule has 0 saturated heterocycles. The predicted molar refractivity (Wildman–Crippen MR) is 84.5 cm³/mol. The third-order valence-corrected chi connectivity index (χ3v) is 3.41. The lowest BCUT2D eigenvalue weighted by atomic mass is 10.1. The Bertz CT molecular complexity index is 598. The van der Waals surface area contributed by atoms with E-state index in [9.17, 15) is 4.79 Å². The first-order valence-electron chi connectivity index (χ1n) is 7.41. The lowest BCUT2D eigenvalue weighted by molar-refractivity contribution is -0.117. The van der Waals surface area contributed by atoms with Crippen LogP contribution in [0, 0.1) is 0 Å². The van der Waals surface area contributed by atoms with E-state index in [1.165, 1.54) is 0 Å². The summed E-state index contributed by atoms with van der Waals surface area (Å²) >= 11 is 0. The summed E-state index contributed by atoms with van der Waals surface area (Å²) < 4.78 is 5.80. The molecular weight excluding hydrogens is 264 g/mol. The van der Waals surface area contributed by atoms with Gasteiger partial charge in [0.1, 0.15) is 6.61 Å². The highest BCUT2D eigenvalue weighted by molar-refractivity contribution is 5.87. The van der Waals surface area contributed by atoms with Gasteiger partial charge in [-0.15, -0.1) is 0 Å². The van der Waals surface area contributed by atoms with E-state index in [2.05, 4.69) is 24.0 Å². The van der Waals surface area contributed by atoms with Crippen LogP contribution < -0.4 is 4.74 Å². The molecule has 0 aliphatic heterocycles. The lowest BCUT2D eigenvalue weighted by Crippen LogP contribution is -2.22. The minimum Gasteiger partial charge on any atom is -0.475 e. The molecule has 4 nitrogen and oxygen atoms in total. The standard InChI is InChI=1S/C17H22N2O2/c1-3-4-8-15-12-14-7-5-6-9-16(14)17(18-15)21-11-10-19(2)13-20/h5-7,9,12-13H,3-4,8,10-11H2,1-2H3. The van der Waals surface area contributed by atoms with Gasteiger partial charge in [0.25, 0.3) is 0 Å². The van der Waals surface area contributed by atoms with E-state index < -0.39 is 0 Å². The number of rotatable bonds is 8. The van der Waals surface area contributed by atoms with Gasteiger partial charge in [0.15, 0.2) is 0 Å². The number of amides is 1. The molecule has 0 aliphatic rings. The van der Waals surface area contributed by atoms with Crippen molar-refractivity contribution >= 4 is 17.2 Å². The van der Waals surface area contributed by atoms with Crippen molar-refractivity contribution in [2.75, 3.05) is 20.2 Å². The van der Waals surface area contributed by atoms with Crippen molar-refractivity contribution < 1.29 is 9.53 Å². The summed E-state index contributed by atoms with van der Waals surface area (Å²) in [6, 6.07) is 10.2. The highest BCUT2D eigenvalue weighted by atomic mass is 16.5. The highest BCUT2D eigenvalue weighted by Crippen LogP contribution is 2.25. The van der Waals surface area contributed by atoms with Gasteiger partial charge in [-0.1, -0.05) is 31.5 Å². The quantitative estimate of drug-likeness (QED) is 0.700. The van der Waals surface area contributed by atoms with Crippen LogP contribution in [-0.2, 0) is 11.2 Å². The van der Waals surface area contributed by atoms with Gasteiger partial charge >= 0.3 is 0 Å². The maximum atomic E-state index is 10.6. The first-order chi connectivity index (χ1) is 10.2. The van der Waals surface area contributed by atoms with Crippen LogP contribution >= 0.6 is 0 Å². The van der Waals surface area contributed by atoms with E-state index >= 15 is 0 Å². The summed E-state index contributed by atoms with van der Waals surface area (Å²) in [7, 11) is 1.74. The number of nitrogens with zero attached hydrogens (tertiary/aromatic N) is 2.